The van der Waals surface area contributed by atoms with E-state index in [0.29, 0.717) is 23.6 Å². The molecule has 0 radical (unpaired) electrons. The van der Waals surface area contributed by atoms with Crippen LogP contribution in [-0.4, -0.2) is 26.8 Å². The molecule has 4 nitrogen and oxygen atoms in total. The highest BCUT2D eigenvalue weighted by atomic mass is 15.3. The van der Waals surface area contributed by atoms with Gasteiger partial charge >= 0.3 is 0 Å². The van der Waals surface area contributed by atoms with E-state index in [1.165, 1.54) is 36.8 Å². The lowest BCUT2D eigenvalue weighted by Gasteiger charge is -2.39. The van der Waals surface area contributed by atoms with Crippen LogP contribution in [0.25, 0.3) is 11.3 Å². The van der Waals surface area contributed by atoms with Crippen molar-refractivity contribution >= 4 is 0 Å². The van der Waals surface area contributed by atoms with Crippen LogP contribution in [0.1, 0.15) is 48.3 Å². The van der Waals surface area contributed by atoms with Crippen molar-refractivity contribution in [3.63, 3.8) is 0 Å². The van der Waals surface area contributed by atoms with Crippen LogP contribution in [0.5, 0.6) is 0 Å². The fraction of sp³-hybridized carbons (Fsp3) is 0.360. The van der Waals surface area contributed by atoms with Crippen molar-refractivity contribution in [2.24, 2.45) is 7.05 Å². The maximum absolute atomic E-state index is 9.07. The molecule has 2 bridgehead atoms. The summed E-state index contributed by atoms with van der Waals surface area (Å²) in [6.45, 7) is 0.958. The number of nitrogens with zero attached hydrogens (tertiary/aromatic N) is 4. The molecule has 3 aromatic rings. The zero-order valence-corrected chi connectivity index (χ0v) is 16.8. The molecule has 1 aromatic heterocycles. The smallest absolute Gasteiger partial charge is 0.0991 e. The van der Waals surface area contributed by atoms with Crippen molar-refractivity contribution in [3.8, 4) is 17.3 Å². The quantitative estimate of drug-likeness (QED) is 0.647. The second-order valence-electron chi connectivity index (χ2n) is 8.50. The summed E-state index contributed by atoms with van der Waals surface area (Å²) < 4.78 is 1.92. The van der Waals surface area contributed by atoms with Gasteiger partial charge in [0, 0.05) is 43.0 Å². The molecule has 2 fully saturated rings. The number of aryl methyl sites for hydroxylation is 1. The predicted octanol–water partition coefficient (Wildman–Crippen LogP) is 4.87. The van der Waals surface area contributed by atoms with E-state index in [9.17, 15) is 0 Å². The third kappa shape index (κ3) is 3.47. The summed E-state index contributed by atoms with van der Waals surface area (Å²) >= 11 is 0. The van der Waals surface area contributed by atoms with Crippen LogP contribution >= 0.6 is 0 Å². The minimum absolute atomic E-state index is 0.660. The van der Waals surface area contributed by atoms with Crippen LogP contribution in [-0.2, 0) is 13.6 Å². The number of benzene rings is 2. The lowest BCUT2D eigenvalue weighted by atomic mass is 9.85. The molecule has 2 aliphatic rings. The molecule has 0 spiro atoms. The fourth-order valence-corrected chi connectivity index (χ4v) is 5.33. The highest BCUT2D eigenvalue weighted by molar-refractivity contribution is 5.63. The number of rotatable bonds is 4. The third-order valence-corrected chi connectivity index (χ3v) is 6.70. The first-order chi connectivity index (χ1) is 14.2. The van der Waals surface area contributed by atoms with E-state index in [4.69, 9.17) is 10.4 Å². The summed E-state index contributed by atoms with van der Waals surface area (Å²) in [4.78, 5) is 2.73. The zero-order chi connectivity index (χ0) is 19.8. The molecule has 3 heterocycles. The summed E-state index contributed by atoms with van der Waals surface area (Å²) in [6.07, 6.45) is 7.29. The second kappa shape index (κ2) is 7.50. The van der Waals surface area contributed by atoms with Crippen LogP contribution in [0.4, 0.5) is 0 Å². The Morgan fingerprint density at radius 3 is 2.34 bits per heavy atom. The van der Waals surface area contributed by atoms with Gasteiger partial charge in [-0.3, -0.25) is 9.58 Å². The van der Waals surface area contributed by atoms with Crippen molar-refractivity contribution in [2.75, 3.05) is 0 Å². The molecule has 146 valence electrons. The Morgan fingerprint density at radius 1 is 1.00 bits per heavy atom. The topological polar surface area (TPSA) is 44.9 Å². The highest BCUT2D eigenvalue weighted by Gasteiger charge is 2.41. The normalized spacial score (nSPS) is 23.8. The molecule has 5 rings (SSSR count). The molecular formula is C25H26N4. The minimum atomic E-state index is 0.660. The first kappa shape index (κ1) is 18.1. The lowest BCUT2D eigenvalue weighted by Crippen LogP contribution is -2.41. The highest BCUT2D eigenvalue weighted by Crippen LogP contribution is 2.44. The summed E-state index contributed by atoms with van der Waals surface area (Å²) in [5.41, 5.74) is 5.61. The van der Waals surface area contributed by atoms with Gasteiger partial charge in [0.25, 0.3) is 0 Å². The second-order valence-corrected chi connectivity index (χ2v) is 8.50. The van der Waals surface area contributed by atoms with Crippen molar-refractivity contribution in [1.82, 2.24) is 14.7 Å². The minimum Gasteiger partial charge on any atom is -0.293 e. The van der Waals surface area contributed by atoms with Crippen molar-refractivity contribution in [2.45, 2.75) is 50.2 Å². The Balaban J connectivity index is 1.37. The van der Waals surface area contributed by atoms with Gasteiger partial charge in [0.05, 0.1) is 17.3 Å². The van der Waals surface area contributed by atoms with Crippen molar-refractivity contribution in [1.29, 1.82) is 5.26 Å². The van der Waals surface area contributed by atoms with Gasteiger partial charge in [0.15, 0.2) is 0 Å². The third-order valence-electron chi connectivity index (χ3n) is 6.70. The number of hydrogen-bond donors (Lipinski definition) is 0. The van der Waals surface area contributed by atoms with Gasteiger partial charge in [-0.05, 0) is 49.3 Å². The number of fused-ring (bicyclic) bond motifs is 2. The lowest BCUT2D eigenvalue weighted by molar-refractivity contribution is 0.119. The predicted molar refractivity (Wildman–Crippen MR) is 114 cm³/mol. The van der Waals surface area contributed by atoms with E-state index in [2.05, 4.69) is 47.5 Å². The summed E-state index contributed by atoms with van der Waals surface area (Å²) in [5.74, 6) is 0.692. The molecule has 2 aliphatic heterocycles. The Labute approximate surface area is 172 Å². The van der Waals surface area contributed by atoms with Crippen LogP contribution in [0.2, 0.25) is 0 Å². The molecule has 0 aliphatic carbocycles. The van der Waals surface area contributed by atoms with E-state index in [1.54, 1.807) is 0 Å². The van der Waals surface area contributed by atoms with E-state index in [1.807, 2.05) is 36.0 Å². The Morgan fingerprint density at radius 2 is 1.69 bits per heavy atom. The van der Waals surface area contributed by atoms with Crippen LogP contribution in [0.3, 0.4) is 0 Å². The van der Waals surface area contributed by atoms with Crippen LogP contribution in [0, 0.1) is 11.3 Å². The Hall–Kier alpha value is -2.90. The van der Waals surface area contributed by atoms with Gasteiger partial charge in [0.1, 0.15) is 0 Å². The number of aromatic nitrogens is 2. The van der Waals surface area contributed by atoms with Gasteiger partial charge < -0.3 is 0 Å². The zero-order valence-electron chi connectivity index (χ0n) is 16.8. The van der Waals surface area contributed by atoms with Gasteiger partial charge in [-0.2, -0.15) is 10.4 Å². The van der Waals surface area contributed by atoms with E-state index >= 15 is 0 Å². The largest absolute Gasteiger partial charge is 0.293 e. The summed E-state index contributed by atoms with van der Waals surface area (Å²) in [7, 11) is 1.99. The van der Waals surface area contributed by atoms with Gasteiger partial charge in [-0.15, -0.1) is 0 Å². The standard InChI is InChI=1S/C25H26N4/c1-28-16-22(25(27-28)20-9-7-18(15-26)8-10-20)17-29-23-11-12-24(29)14-21(13-23)19-5-3-2-4-6-19/h2-10,16,21,23-24H,11-14,17H2,1H3/t21?,23-,24+. The van der Waals surface area contributed by atoms with Crippen molar-refractivity contribution in [3.05, 3.63) is 77.5 Å². The summed E-state index contributed by atoms with van der Waals surface area (Å²) in [5, 5.41) is 13.8. The van der Waals surface area contributed by atoms with Gasteiger partial charge in [0.2, 0.25) is 0 Å². The molecule has 0 saturated carbocycles. The monoisotopic (exact) mass is 382 g/mol. The molecule has 2 aromatic carbocycles. The molecular weight excluding hydrogens is 356 g/mol. The first-order valence-electron chi connectivity index (χ1n) is 10.5. The maximum Gasteiger partial charge on any atom is 0.0991 e. The average molecular weight is 383 g/mol. The van der Waals surface area contributed by atoms with E-state index in [-0.39, 0.29) is 0 Å². The van der Waals surface area contributed by atoms with Crippen LogP contribution in [0.15, 0.2) is 60.8 Å². The Kier molecular flexibility index (Phi) is 4.69. The number of hydrogen-bond acceptors (Lipinski definition) is 3. The molecule has 4 heteroatoms. The van der Waals surface area contributed by atoms with Crippen molar-refractivity contribution < 1.29 is 0 Å². The first-order valence-corrected chi connectivity index (χ1v) is 10.5. The summed E-state index contributed by atoms with van der Waals surface area (Å²) in [6, 6.07) is 22.3. The van der Waals surface area contributed by atoms with Crippen LogP contribution < -0.4 is 0 Å². The Bertz CT molecular complexity index is 1010. The fourth-order valence-electron chi connectivity index (χ4n) is 5.33. The maximum atomic E-state index is 9.07. The van der Waals surface area contributed by atoms with Gasteiger partial charge in [-0.1, -0.05) is 42.5 Å². The molecule has 0 N–H and O–H groups in total. The molecule has 0 amide bonds. The average Bonchev–Trinajstić information content (AvgIpc) is 3.23. The molecule has 2 saturated heterocycles. The number of piperidine rings is 1. The van der Waals surface area contributed by atoms with Gasteiger partial charge in [-0.25, -0.2) is 0 Å². The number of nitriles is 1. The molecule has 29 heavy (non-hydrogen) atoms. The molecule has 1 unspecified atom stereocenters. The van der Waals surface area contributed by atoms with E-state index < -0.39 is 0 Å². The SMILES string of the molecule is Cn1cc(CN2[C@@H]3CC[C@H]2CC(c2ccccc2)C3)c(-c2ccc(C#N)cc2)n1. The molecule has 3 atom stereocenters. The van der Waals surface area contributed by atoms with E-state index in [0.717, 1.165) is 17.8 Å².